The summed E-state index contributed by atoms with van der Waals surface area (Å²) in [4.78, 5) is 11.1. The van der Waals surface area contributed by atoms with Crippen molar-refractivity contribution in [1.82, 2.24) is 29.8 Å². The van der Waals surface area contributed by atoms with Crippen molar-refractivity contribution in [3.8, 4) is 0 Å². The van der Waals surface area contributed by atoms with E-state index in [4.69, 9.17) is 5.11 Å². The average Bonchev–Trinajstić information content (AvgIpc) is 2.97. The number of aromatic nitrogens is 6. The molecule has 8 heteroatoms. The van der Waals surface area contributed by atoms with Gasteiger partial charge in [-0.15, -0.1) is 15.3 Å². The molecule has 0 radical (unpaired) electrons. The molecule has 2 heterocycles. The minimum Gasteiger partial charge on any atom is -0.478 e. The fraction of sp³-hybridized carbons (Fsp3) is 0.182. The normalized spacial score (nSPS) is 11.0. The summed E-state index contributed by atoms with van der Waals surface area (Å²) < 4.78 is 3.38. The topological polar surface area (TPSA) is 98.7 Å². The van der Waals surface area contributed by atoms with Gasteiger partial charge in [-0.05, 0) is 12.1 Å². The van der Waals surface area contributed by atoms with Gasteiger partial charge in [0.05, 0.1) is 11.1 Å². The van der Waals surface area contributed by atoms with E-state index in [1.54, 1.807) is 27.7 Å². The zero-order valence-corrected chi connectivity index (χ0v) is 10.1. The predicted molar refractivity (Wildman–Crippen MR) is 64.6 cm³/mol. The number of fused-ring (bicyclic) bond motifs is 1. The molecule has 19 heavy (non-hydrogen) atoms. The van der Waals surface area contributed by atoms with Crippen molar-refractivity contribution >= 4 is 17.0 Å². The Balaban J connectivity index is 2.09. The van der Waals surface area contributed by atoms with Crippen LogP contribution < -0.4 is 0 Å². The third-order valence-electron chi connectivity index (χ3n) is 2.87. The van der Waals surface area contributed by atoms with Crippen LogP contribution in [0.5, 0.6) is 0 Å². The number of carboxylic acid groups (broad SMARTS) is 1. The Labute approximate surface area is 107 Å². The van der Waals surface area contributed by atoms with Gasteiger partial charge in [0.25, 0.3) is 0 Å². The van der Waals surface area contributed by atoms with Crippen LogP contribution in [0.3, 0.4) is 0 Å². The Morgan fingerprint density at radius 1 is 1.37 bits per heavy atom. The second-order valence-electron chi connectivity index (χ2n) is 4.08. The maximum atomic E-state index is 11.1. The molecule has 3 aromatic rings. The van der Waals surface area contributed by atoms with Crippen LogP contribution in [0.25, 0.3) is 11.0 Å². The number of aromatic carboxylic acids is 1. The van der Waals surface area contributed by atoms with Crippen LogP contribution in [0.1, 0.15) is 16.2 Å². The van der Waals surface area contributed by atoms with Crippen LogP contribution in [-0.2, 0) is 13.6 Å². The van der Waals surface area contributed by atoms with Crippen LogP contribution in [0.2, 0.25) is 0 Å². The number of hydrogen-bond acceptors (Lipinski definition) is 5. The van der Waals surface area contributed by atoms with Crippen LogP contribution in [0.15, 0.2) is 24.5 Å². The van der Waals surface area contributed by atoms with Gasteiger partial charge in [0.1, 0.15) is 18.4 Å². The van der Waals surface area contributed by atoms with E-state index in [1.165, 1.54) is 6.07 Å². The average molecular weight is 258 g/mol. The first-order valence-electron chi connectivity index (χ1n) is 5.55. The van der Waals surface area contributed by atoms with Gasteiger partial charge in [-0.3, -0.25) is 0 Å². The molecule has 0 amide bonds. The quantitative estimate of drug-likeness (QED) is 0.725. The fourth-order valence-corrected chi connectivity index (χ4v) is 1.87. The first-order valence-corrected chi connectivity index (χ1v) is 5.55. The third-order valence-corrected chi connectivity index (χ3v) is 2.87. The lowest BCUT2D eigenvalue weighted by molar-refractivity contribution is 0.0699. The van der Waals surface area contributed by atoms with Crippen molar-refractivity contribution in [2.75, 3.05) is 0 Å². The van der Waals surface area contributed by atoms with Crippen molar-refractivity contribution < 1.29 is 9.90 Å². The molecule has 0 atom stereocenters. The smallest absolute Gasteiger partial charge is 0.338 e. The van der Waals surface area contributed by atoms with Gasteiger partial charge in [0, 0.05) is 7.05 Å². The lowest BCUT2D eigenvalue weighted by Crippen LogP contribution is -2.07. The number of hydrogen-bond donors (Lipinski definition) is 1. The Morgan fingerprint density at radius 3 is 2.89 bits per heavy atom. The van der Waals surface area contributed by atoms with Gasteiger partial charge < -0.3 is 9.67 Å². The molecule has 0 aliphatic carbocycles. The van der Waals surface area contributed by atoms with E-state index in [0.717, 1.165) is 0 Å². The fourth-order valence-electron chi connectivity index (χ4n) is 1.87. The third kappa shape index (κ3) is 1.82. The van der Waals surface area contributed by atoms with Gasteiger partial charge in [-0.2, -0.15) is 0 Å². The largest absolute Gasteiger partial charge is 0.478 e. The molecule has 2 aromatic heterocycles. The van der Waals surface area contributed by atoms with Crippen molar-refractivity contribution in [3.05, 3.63) is 35.9 Å². The standard InChI is InChI=1S/C11H10N6O2/c1-16-6-12-13-9(16)5-17-8-4-2-3-7(11(18)19)10(8)14-15-17/h2-4,6H,5H2,1H3,(H,18,19). The molecule has 0 spiro atoms. The SMILES string of the molecule is Cn1cnnc1Cn1nnc2c(C(=O)O)cccc21. The van der Waals surface area contributed by atoms with Crippen LogP contribution >= 0.6 is 0 Å². The highest BCUT2D eigenvalue weighted by Gasteiger charge is 2.14. The van der Waals surface area contributed by atoms with E-state index in [0.29, 0.717) is 23.4 Å². The summed E-state index contributed by atoms with van der Waals surface area (Å²) in [5, 5.41) is 24.7. The molecule has 96 valence electrons. The number of nitrogens with zero attached hydrogens (tertiary/aromatic N) is 6. The van der Waals surface area contributed by atoms with Gasteiger partial charge in [-0.1, -0.05) is 11.3 Å². The summed E-state index contributed by atoms with van der Waals surface area (Å²) in [6, 6.07) is 4.95. The number of aryl methyl sites for hydroxylation is 1. The van der Waals surface area contributed by atoms with Crippen molar-refractivity contribution in [1.29, 1.82) is 0 Å². The van der Waals surface area contributed by atoms with E-state index in [2.05, 4.69) is 20.5 Å². The van der Waals surface area contributed by atoms with Gasteiger partial charge in [0.2, 0.25) is 0 Å². The molecule has 0 saturated carbocycles. The molecule has 0 fully saturated rings. The van der Waals surface area contributed by atoms with E-state index < -0.39 is 5.97 Å². The Hall–Kier alpha value is -2.77. The first-order chi connectivity index (χ1) is 9.16. The highest BCUT2D eigenvalue weighted by molar-refractivity contribution is 6.00. The maximum Gasteiger partial charge on any atom is 0.338 e. The zero-order chi connectivity index (χ0) is 13.4. The summed E-state index contributed by atoms with van der Waals surface area (Å²) in [5.74, 6) is -0.302. The van der Waals surface area contributed by atoms with Crippen molar-refractivity contribution in [3.63, 3.8) is 0 Å². The van der Waals surface area contributed by atoms with Crippen molar-refractivity contribution in [2.24, 2.45) is 7.05 Å². The molecule has 1 N–H and O–H groups in total. The summed E-state index contributed by atoms with van der Waals surface area (Å²) in [6.07, 6.45) is 1.59. The molecule has 0 saturated heterocycles. The highest BCUT2D eigenvalue weighted by Crippen LogP contribution is 2.16. The van der Waals surface area contributed by atoms with Crippen LogP contribution in [0, 0.1) is 0 Å². The van der Waals surface area contributed by atoms with E-state index in [1.807, 2.05) is 7.05 Å². The van der Waals surface area contributed by atoms with Gasteiger partial charge >= 0.3 is 5.97 Å². The molecule has 1 aromatic carbocycles. The molecule has 0 aliphatic rings. The molecular formula is C11H10N6O2. The highest BCUT2D eigenvalue weighted by atomic mass is 16.4. The molecule has 0 bridgehead atoms. The lowest BCUT2D eigenvalue weighted by Gasteiger charge is -2.01. The predicted octanol–water partition coefficient (Wildman–Crippen LogP) is 0.306. The molecule has 0 aliphatic heterocycles. The summed E-state index contributed by atoms with van der Waals surface area (Å²) in [6.45, 7) is 0.385. The Bertz CT molecular complexity index is 759. The van der Waals surface area contributed by atoms with Crippen LogP contribution in [-0.4, -0.2) is 40.8 Å². The van der Waals surface area contributed by atoms with Gasteiger partial charge in [-0.25, -0.2) is 9.48 Å². The number of rotatable bonds is 3. The lowest BCUT2D eigenvalue weighted by atomic mass is 10.2. The number of benzene rings is 1. The summed E-state index contributed by atoms with van der Waals surface area (Å²) >= 11 is 0. The summed E-state index contributed by atoms with van der Waals surface area (Å²) in [7, 11) is 1.83. The van der Waals surface area contributed by atoms with E-state index >= 15 is 0 Å². The van der Waals surface area contributed by atoms with E-state index in [-0.39, 0.29) is 5.56 Å². The number of carbonyl (C=O) groups is 1. The molecular weight excluding hydrogens is 248 g/mol. The molecule has 8 nitrogen and oxygen atoms in total. The Morgan fingerprint density at radius 2 is 2.21 bits per heavy atom. The molecule has 3 rings (SSSR count). The second kappa shape index (κ2) is 4.16. The maximum absolute atomic E-state index is 11.1. The van der Waals surface area contributed by atoms with Crippen LogP contribution in [0.4, 0.5) is 0 Å². The summed E-state index contributed by atoms with van der Waals surface area (Å²) in [5.41, 5.74) is 1.17. The second-order valence-corrected chi connectivity index (χ2v) is 4.08. The minimum absolute atomic E-state index is 0.140. The van der Waals surface area contributed by atoms with Crippen molar-refractivity contribution in [2.45, 2.75) is 6.54 Å². The first kappa shape index (κ1) is 11.3. The van der Waals surface area contributed by atoms with E-state index in [9.17, 15) is 4.79 Å². The monoisotopic (exact) mass is 258 g/mol. The van der Waals surface area contributed by atoms with Gasteiger partial charge in [0.15, 0.2) is 5.82 Å². The minimum atomic E-state index is -1.02. The number of carboxylic acids is 1. The zero-order valence-electron chi connectivity index (χ0n) is 10.1. The Kier molecular flexibility index (Phi) is 2.48. The molecule has 0 unspecified atom stereocenters.